The van der Waals surface area contributed by atoms with E-state index in [2.05, 4.69) is 10.0 Å². The molecule has 0 atom stereocenters. The smallest absolute Gasteiger partial charge is 0.416 e. The Morgan fingerprint density at radius 1 is 1.19 bits per heavy atom. The van der Waals surface area contributed by atoms with Crippen molar-refractivity contribution in [2.45, 2.75) is 38.5 Å². The fraction of sp³-hybridized carbons (Fsp3) is 0.318. The molecule has 0 fully saturated rings. The van der Waals surface area contributed by atoms with Crippen molar-refractivity contribution in [3.8, 4) is 5.75 Å². The first-order chi connectivity index (χ1) is 14.8. The molecule has 0 spiro atoms. The van der Waals surface area contributed by atoms with Crippen molar-refractivity contribution in [1.29, 1.82) is 0 Å². The van der Waals surface area contributed by atoms with Crippen LogP contribution in [0.1, 0.15) is 37.0 Å². The molecule has 2 aromatic carbocycles. The molecule has 2 aliphatic heterocycles. The average molecular weight is 466 g/mol. The Morgan fingerprint density at radius 3 is 2.66 bits per heavy atom. The van der Waals surface area contributed by atoms with Crippen LogP contribution in [0.2, 0.25) is 0 Å². The van der Waals surface area contributed by atoms with E-state index in [1.54, 1.807) is 32.0 Å². The summed E-state index contributed by atoms with van der Waals surface area (Å²) in [4.78, 5) is 12.7. The van der Waals surface area contributed by atoms with Crippen molar-refractivity contribution in [1.82, 2.24) is 0 Å². The van der Waals surface area contributed by atoms with Crippen LogP contribution in [-0.4, -0.2) is 25.7 Å². The van der Waals surface area contributed by atoms with Gasteiger partial charge in [0.2, 0.25) is 15.9 Å². The predicted octanol–water partition coefficient (Wildman–Crippen LogP) is 4.59. The summed E-state index contributed by atoms with van der Waals surface area (Å²) in [5.74, 6) is -0.411. The molecule has 0 unspecified atom stereocenters. The minimum atomic E-state index is -4.50. The molecule has 0 saturated heterocycles. The van der Waals surface area contributed by atoms with E-state index in [-0.39, 0.29) is 11.5 Å². The maximum atomic E-state index is 13.1. The molecule has 170 valence electrons. The Kier molecular flexibility index (Phi) is 5.23. The highest BCUT2D eigenvalue weighted by Gasteiger charge is 2.35. The highest BCUT2D eigenvalue weighted by Crippen LogP contribution is 2.43. The molecule has 4 rings (SSSR count). The quantitative estimate of drug-likeness (QED) is 0.635. The molecule has 0 bridgehead atoms. The van der Waals surface area contributed by atoms with Crippen LogP contribution in [0.15, 0.2) is 42.5 Å². The minimum Gasteiger partial charge on any atom is -0.487 e. The van der Waals surface area contributed by atoms with Crippen LogP contribution in [-0.2, 0) is 27.4 Å². The first-order valence-corrected chi connectivity index (χ1v) is 11.5. The number of nitrogens with one attached hydrogen (secondary N) is 2. The fourth-order valence-electron chi connectivity index (χ4n) is 3.83. The van der Waals surface area contributed by atoms with Gasteiger partial charge in [0.25, 0.3) is 0 Å². The molecular formula is C22H21F3N2O4S. The second kappa shape index (κ2) is 7.54. The maximum Gasteiger partial charge on any atom is 0.416 e. The zero-order chi connectivity index (χ0) is 23.3. The molecule has 32 heavy (non-hydrogen) atoms. The first-order valence-electron chi connectivity index (χ1n) is 9.87. The van der Waals surface area contributed by atoms with E-state index in [0.717, 1.165) is 17.7 Å². The summed E-state index contributed by atoms with van der Waals surface area (Å²) in [5.41, 5.74) is 0.985. The SMILES string of the molecule is CC1(C)CC(=CC(=O)Nc2ccc3c(c2)NS(=O)(=O)CC3)c2ccc(C(F)(F)F)cc2O1. The van der Waals surface area contributed by atoms with Gasteiger partial charge in [-0.05, 0) is 55.7 Å². The van der Waals surface area contributed by atoms with Crippen LogP contribution in [0.3, 0.4) is 0 Å². The van der Waals surface area contributed by atoms with Crippen molar-refractivity contribution >= 4 is 32.9 Å². The molecule has 0 saturated carbocycles. The summed E-state index contributed by atoms with van der Waals surface area (Å²) in [7, 11) is -3.39. The van der Waals surface area contributed by atoms with E-state index >= 15 is 0 Å². The van der Waals surface area contributed by atoms with E-state index in [1.165, 1.54) is 12.1 Å². The normalized spacial score (nSPS) is 19.8. The van der Waals surface area contributed by atoms with Gasteiger partial charge in [-0.3, -0.25) is 9.52 Å². The molecular weight excluding hydrogens is 445 g/mol. The third kappa shape index (κ3) is 4.74. The number of sulfonamides is 1. The number of ether oxygens (including phenoxy) is 1. The minimum absolute atomic E-state index is 0.00508. The first kappa shape index (κ1) is 22.2. The molecule has 1 amide bonds. The van der Waals surface area contributed by atoms with Gasteiger partial charge in [-0.1, -0.05) is 12.1 Å². The Labute approximate surface area is 183 Å². The Hall–Kier alpha value is -3.01. The van der Waals surface area contributed by atoms with Gasteiger partial charge in [0.05, 0.1) is 17.0 Å². The summed E-state index contributed by atoms with van der Waals surface area (Å²) >= 11 is 0. The number of rotatable bonds is 2. The van der Waals surface area contributed by atoms with Crippen LogP contribution >= 0.6 is 0 Å². The van der Waals surface area contributed by atoms with Gasteiger partial charge in [0, 0.05) is 23.7 Å². The Balaban J connectivity index is 1.61. The molecule has 2 aliphatic rings. The van der Waals surface area contributed by atoms with Gasteiger partial charge >= 0.3 is 6.18 Å². The molecule has 0 aliphatic carbocycles. The average Bonchev–Trinajstić information content (AvgIpc) is 2.64. The summed E-state index contributed by atoms with van der Waals surface area (Å²) < 4.78 is 71.0. The number of hydrogen-bond donors (Lipinski definition) is 2. The number of hydrogen-bond acceptors (Lipinski definition) is 4. The number of carbonyl (C=O) groups excluding carboxylic acids is 1. The van der Waals surface area contributed by atoms with Crippen molar-refractivity contribution in [2.24, 2.45) is 0 Å². The monoisotopic (exact) mass is 466 g/mol. The zero-order valence-corrected chi connectivity index (χ0v) is 18.2. The number of benzene rings is 2. The van der Waals surface area contributed by atoms with Gasteiger partial charge in [0.1, 0.15) is 11.4 Å². The van der Waals surface area contributed by atoms with Gasteiger partial charge in [-0.15, -0.1) is 0 Å². The lowest BCUT2D eigenvalue weighted by molar-refractivity contribution is -0.137. The molecule has 0 aromatic heterocycles. The lowest BCUT2D eigenvalue weighted by Crippen LogP contribution is -2.32. The fourth-order valence-corrected chi connectivity index (χ4v) is 4.95. The van der Waals surface area contributed by atoms with Gasteiger partial charge in [-0.2, -0.15) is 13.2 Å². The van der Waals surface area contributed by atoms with E-state index in [9.17, 15) is 26.4 Å². The standard InChI is InChI=1S/C22H21F3N2O4S/c1-21(2)12-14(17-6-4-15(22(23,24)25)10-19(17)31-21)9-20(28)26-16-5-3-13-7-8-32(29,30)27-18(13)11-16/h3-6,9-11,27H,7-8,12H2,1-2H3,(H,26,28). The van der Waals surface area contributed by atoms with Crippen molar-refractivity contribution in [2.75, 3.05) is 15.8 Å². The number of halogens is 3. The highest BCUT2D eigenvalue weighted by molar-refractivity contribution is 7.92. The van der Waals surface area contributed by atoms with Crippen molar-refractivity contribution in [3.63, 3.8) is 0 Å². The van der Waals surface area contributed by atoms with Crippen molar-refractivity contribution in [3.05, 3.63) is 59.2 Å². The number of anilines is 2. The number of fused-ring (bicyclic) bond motifs is 2. The molecule has 2 N–H and O–H groups in total. The Bertz CT molecular complexity index is 1230. The van der Waals surface area contributed by atoms with E-state index in [4.69, 9.17) is 4.74 Å². The van der Waals surface area contributed by atoms with E-state index < -0.39 is 33.3 Å². The number of amides is 1. The summed E-state index contributed by atoms with van der Waals surface area (Å²) in [6.45, 7) is 3.47. The van der Waals surface area contributed by atoms with Gasteiger partial charge in [0.15, 0.2) is 0 Å². The van der Waals surface area contributed by atoms with Crippen LogP contribution < -0.4 is 14.8 Å². The van der Waals surface area contributed by atoms with Crippen LogP contribution in [0.4, 0.5) is 24.5 Å². The largest absolute Gasteiger partial charge is 0.487 e. The molecule has 2 aromatic rings. The topological polar surface area (TPSA) is 84.5 Å². The van der Waals surface area contributed by atoms with Crippen LogP contribution in [0.25, 0.3) is 5.57 Å². The number of carbonyl (C=O) groups is 1. The van der Waals surface area contributed by atoms with Crippen LogP contribution in [0, 0.1) is 0 Å². The Morgan fingerprint density at radius 2 is 1.94 bits per heavy atom. The second-order valence-electron chi connectivity index (χ2n) is 8.45. The third-order valence-electron chi connectivity index (χ3n) is 5.25. The van der Waals surface area contributed by atoms with E-state index in [1.807, 2.05) is 0 Å². The molecule has 2 heterocycles. The molecule has 6 nitrogen and oxygen atoms in total. The summed E-state index contributed by atoms with van der Waals surface area (Å²) in [6.07, 6.45) is -2.47. The lowest BCUT2D eigenvalue weighted by Gasteiger charge is -2.34. The van der Waals surface area contributed by atoms with Gasteiger partial charge in [-0.25, -0.2) is 8.42 Å². The number of alkyl halides is 3. The molecule has 10 heteroatoms. The predicted molar refractivity (Wildman–Crippen MR) is 115 cm³/mol. The third-order valence-corrected chi connectivity index (χ3v) is 6.52. The summed E-state index contributed by atoms with van der Waals surface area (Å²) in [5, 5.41) is 2.69. The maximum absolute atomic E-state index is 13.1. The second-order valence-corrected chi connectivity index (χ2v) is 10.3. The van der Waals surface area contributed by atoms with Crippen LogP contribution in [0.5, 0.6) is 5.75 Å². The number of aryl methyl sites for hydroxylation is 1. The zero-order valence-electron chi connectivity index (χ0n) is 17.3. The highest BCUT2D eigenvalue weighted by atomic mass is 32.2. The van der Waals surface area contributed by atoms with Gasteiger partial charge < -0.3 is 10.1 Å². The van der Waals surface area contributed by atoms with E-state index in [0.29, 0.717) is 35.4 Å². The summed E-state index contributed by atoms with van der Waals surface area (Å²) in [6, 6.07) is 8.16. The lowest BCUT2D eigenvalue weighted by atomic mass is 9.88. The van der Waals surface area contributed by atoms with Crippen molar-refractivity contribution < 1.29 is 31.1 Å². The molecule has 0 radical (unpaired) electrons.